The van der Waals surface area contributed by atoms with Gasteiger partial charge in [-0.2, -0.15) is 0 Å². The van der Waals surface area contributed by atoms with Crippen LogP contribution in [0.25, 0.3) is 0 Å². The van der Waals surface area contributed by atoms with E-state index in [1.165, 1.54) is 32.4 Å². The first kappa shape index (κ1) is 19.9. The second-order valence-electron chi connectivity index (χ2n) is 5.64. The molecule has 1 N–H and O–H groups in total. The van der Waals surface area contributed by atoms with Crippen molar-refractivity contribution < 1.29 is 23.0 Å². The lowest BCUT2D eigenvalue weighted by atomic mass is 10.2. The molecule has 0 saturated heterocycles. The highest BCUT2D eigenvalue weighted by Crippen LogP contribution is 2.35. The number of amides is 1. The van der Waals surface area contributed by atoms with Crippen LogP contribution in [-0.2, 0) is 11.3 Å². The second-order valence-corrected chi connectivity index (χ2v) is 6.05. The van der Waals surface area contributed by atoms with Gasteiger partial charge in [0.25, 0.3) is 0 Å². The number of hydrogen-bond acceptors (Lipinski definition) is 4. The van der Waals surface area contributed by atoms with Crippen molar-refractivity contribution in [3.05, 3.63) is 52.6 Å². The molecule has 8 heteroatoms. The van der Waals surface area contributed by atoms with E-state index < -0.39 is 11.6 Å². The van der Waals surface area contributed by atoms with Crippen LogP contribution < -0.4 is 14.8 Å². The molecule has 0 aromatic heterocycles. The molecule has 0 aliphatic heterocycles. The van der Waals surface area contributed by atoms with E-state index >= 15 is 0 Å². The van der Waals surface area contributed by atoms with Crippen molar-refractivity contribution in [3.63, 3.8) is 0 Å². The molecule has 0 bridgehead atoms. The molecule has 26 heavy (non-hydrogen) atoms. The van der Waals surface area contributed by atoms with Gasteiger partial charge in [0.1, 0.15) is 23.1 Å². The van der Waals surface area contributed by atoms with E-state index in [1.807, 2.05) is 0 Å². The Hall–Kier alpha value is -2.38. The van der Waals surface area contributed by atoms with Crippen molar-refractivity contribution in [2.45, 2.75) is 6.54 Å². The van der Waals surface area contributed by atoms with Crippen molar-refractivity contribution in [1.29, 1.82) is 0 Å². The van der Waals surface area contributed by atoms with Gasteiger partial charge in [-0.05, 0) is 13.1 Å². The van der Waals surface area contributed by atoms with Crippen LogP contribution in [0.2, 0.25) is 5.02 Å². The average Bonchev–Trinajstić information content (AvgIpc) is 2.58. The standard InChI is InChI=1S/C18H19ClF2N2O3/c1-23(9-11-4-5-12(20)6-14(11)21)10-18(24)22-15-8-16(25-2)13(19)7-17(15)26-3/h4-8H,9-10H2,1-3H3,(H,22,24). The molecular weight excluding hydrogens is 366 g/mol. The van der Waals surface area contributed by atoms with E-state index in [0.717, 1.165) is 6.07 Å². The Labute approximate surface area is 155 Å². The Morgan fingerprint density at radius 1 is 1.15 bits per heavy atom. The molecule has 0 saturated carbocycles. The van der Waals surface area contributed by atoms with Crippen molar-refractivity contribution in [2.24, 2.45) is 0 Å². The first-order valence-electron chi connectivity index (χ1n) is 7.68. The molecule has 0 atom stereocenters. The van der Waals surface area contributed by atoms with Crippen LogP contribution in [0.4, 0.5) is 14.5 Å². The minimum atomic E-state index is -0.652. The molecule has 0 fully saturated rings. The number of nitrogens with zero attached hydrogens (tertiary/aromatic N) is 1. The van der Waals surface area contributed by atoms with Crippen molar-refractivity contribution in [1.82, 2.24) is 4.90 Å². The summed E-state index contributed by atoms with van der Waals surface area (Å²) in [6, 6.07) is 6.43. The topological polar surface area (TPSA) is 50.8 Å². The number of carbonyl (C=O) groups is 1. The molecule has 0 unspecified atom stereocenters. The third kappa shape index (κ3) is 5.06. The number of hydrogen-bond donors (Lipinski definition) is 1. The number of halogens is 3. The summed E-state index contributed by atoms with van der Waals surface area (Å²) in [7, 11) is 4.57. The number of likely N-dealkylation sites (N-methyl/N-ethyl adjacent to an activating group) is 1. The Morgan fingerprint density at radius 3 is 2.46 bits per heavy atom. The monoisotopic (exact) mass is 384 g/mol. The fraction of sp³-hybridized carbons (Fsp3) is 0.278. The Balaban J connectivity index is 2.04. The van der Waals surface area contributed by atoms with Crippen LogP contribution in [0, 0.1) is 11.6 Å². The molecule has 2 aromatic carbocycles. The van der Waals surface area contributed by atoms with Gasteiger partial charge in [0.15, 0.2) is 0 Å². The third-order valence-corrected chi connectivity index (χ3v) is 3.91. The van der Waals surface area contributed by atoms with Crippen LogP contribution >= 0.6 is 11.6 Å². The number of benzene rings is 2. The van der Waals surface area contributed by atoms with E-state index in [0.29, 0.717) is 27.8 Å². The fourth-order valence-corrected chi connectivity index (χ4v) is 2.62. The van der Waals surface area contributed by atoms with Crippen LogP contribution in [0.1, 0.15) is 5.56 Å². The first-order chi connectivity index (χ1) is 12.3. The fourth-order valence-electron chi connectivity index (χ4n) is 2.39. The summed E-state index contributed by atoms with van der Waals surface area (Å²) in [4.78, 5) is 13.9. The number of rotatable bonds is 7. The van der Waals surface area contributed by atoms with Gasteiger partial charge in [0, 0.05) is 30.3 Å². The molecule has 2 rings (SSSR count). The van der Waals surface area contributed by atoms with Gasteiger partial charge in [-0.25, -0.2) is 8.78 Å². The van der Waals surface area contributed by atoms with Gasteiger partial charge >= 0.3 is 0 Å². The molecular formula is C18H19ClF2N2O3. The Kier molecular flexibility index (Phi) is 6.76. The molecule has 0 radical (unpaired) electrons. The minimum absolute atomic E-state index is 0.00902. The van der Waals surface area contributed by atoms with Crippen molar-refractivity contribution in [3.8, 4) is 11.5 Å². The highest BCUT2D eigenvalue weighted by Gasteiger charge is 2.15. The highest BCUT2D eigenvalue weighted by molar-refractivity contribution is 6.32. The maximum atomic E-state index is 13.7. The number of anilines is 1. The lowest BCUT2D eigenvalue weighted by Gasteiger charge is -2.18. The van der Waals surface area contributed by atoms with E-state index in [2.05, 4.69) is 5.32 Å². The predicted octanol–water partition coefficient (Wildman–Crippen LogP) is 3.71. The Bertz CT molecular complexity index is 802. The van der Waals surface area contributed by atoms with Crippen LogP contribution in [0.3, 0.4) is 0 Å². The lowest BCUT2D eigenvalue weighted by Crippen LogP contribution is -2.30. The molecule has 140 valence electrons. The zero-order valence-corrected chi connectivity index (χ0v) is 15.4. The molecule has 0 heterocycles. The normalized spacial score (nSPS) is 10.7. The quantitative estimate of drug-likeness (QED) is 0.790. The summed E-state index contributed by atoms with van der Waals surface area (Å²) in [5, 5.41) is 3.06. The molecule has 0 aliphatic rings. The molecule has 5 nitrogen and oxygen atoms in total. The van der Waals surface area contributed by atoms with Gasteiger partial charge in [-0.15, -0.1) is 0 Å². The average molecular weight is 385 g/mol. The molecule has 0 spiro atoms. The van der Waals surface area contributed by atoms with E-state index in [1.54, 1.807) is 18.0 Å². The van der Waals surface area contributed by atoms with Gasteiger partial charge in [-0.3, -0.25) is 9.69 Å². The zero-order chi connectivity index (χ0) is 19.3. The second kappa shape index (κ2) is 8.82. The number of carbonyl (C=O) groups excluding carboxylic acids is 1. The Morgan fingerprint density at radius 2 is 1.85 bits per heavy atom. The predicted molar refractivity (Wildman–Crippen MR) is 95.9 cm³/mol. The number of nitrogens with one attached hydrogen (secondary N) is 1. The maximum Gasteiger partial charge on any atom is 0.238 e. The first-order valence-corrected chi connectivity index (χ1v) is 8.05. The van der Waals surface area contributed by atoms with Gasteiger partial charge in [-0.1, -0.05) is 17.7 Å². The summed E-state index contributed by atoms with van der Waals surface area (Å²) in [6.07, 6.45) is 0. The lowest BCUT2D eigenvalue weighted by molar-refractivity contribution is -0.117. The van der Waals surface area contributed by atoms with Gasteiger partial charge in [0.2, 0.25) is 5.91 Å². The van der Waals surface area contributed by atoms with Gasteiger partial charge < -0.3 is 14.8 Å². The van der Waals surface area contributed by atoms with Crippen LogP contribution in [0.5, 0.6) is 11.5 Å². The third-order valence-electron chi connectivity index (χ3n) is 3.62. The molecule has 0 aliphatic carbocycles. The van der Waals surface area contributed by atoms with E-state index in [4.69, 9.17) is 21.1 Å². The summed E-state index contributed by atoms with van der Waals surface area (Å²) in [5.41, 5.74) is 0.701. The van der Waals surface area contributed by atoms with E-state index in [9.17, 15) is 13.6 Å². The minimum Gasteiger partial charge on any atom is -0.495 e. The maximum absolute atomic E-state index is 13.7. The molecule has 2 aromatic rings. The largest absolute Gasteiger partial charge is 0.495 e. The van der Waals surface area contributed by atoms with Crippen molar-refractivity contribution >= 4 is 23.2 Å². The number of ether oxygens (including phenoxy) is 2. The van der Waals surface area contributed by atoms with E-state index in [-0.39, 0.29) is 19.0 Å². The summed E-state index contributed by atoms with van der Waals surface area (Å²) < 4.78 is 37.0. The summed E-state index contributed by atoms with van der Waals surface area (Å²) in [6.45, 7) is 0.144. The zero-order valence-electron chi connectivity index (χ0n) is 14.6. The SMILES string of the molecule is COc1cc(NC(=O)CN(C)Cc2ccc(F)cc2F)c(OC)cc1Cl. The smallest absolute Gasteiger partial charge is 0.238 e. The number of methoxy groups -OCH3 is 2. The van der Waals surface area contributed by atoms with Gasteiger partial charge in [0.05, 0.1) is 31.5 Å². The molecule has 1 amide bonds. The summed E-state index contributed by atoms with van der Waals surface area (Å²) >= 11 is 6.03. The van der Waals surface area contributed by atoms with Crippen molar-refractivity contribution in [2.75, 3.05) is 33.1 Å². The highest BCUT2D eigenvalue weighted by atomic mass is 35.5. The van der Waals surface area contributed by atoms with Crippen LogP contribution in [-0.4, -0.2) is 38.6 Å². The van der Waals surface area contributed by atoms with Crippen LogP contribution in [0.15, 0.2) is 30.3 Å². The summed E-state index contributed by atoms with van der Waals surface area (Å²) in [5.74, 6) is -0.852.